The zero-order valence-electron chi connectivity index (χ0n) is 7.82. The zero-order chi connectivity index (χ0) is 9.47. The van der Waals surface area contributed by atoms with Gasteiger partial charge in [0.25, 0.3) is 0 Å². The van der Waals surface area contributed by atoms with Crippen LogP contribution in [0.2, 0.25) is 0 Å². The summed E-state index contributed by atoms with van der Waals surface area (Å²) < 4.78 is 16.0. The highest BCUT2D eigenvalue weighted by Gasteiger charge is 2.56. The third-order valence-corrected chi connectivity index (χ3v) is 2.90. The van der Waals surface area contributed by atoms with Crippen LogP contribution in [0.25, 0.3) is 0 Å². The molecule has 0 aromatic rings. The molecule has 3 atom stereocenters. The summed E-state index contributed by atoms with van der Waals surface area (Å²) in [6.45, 7) is 0.892. The highest BCUT2D eigenvalue weighted by molar-refractivity contribution is 5.05. The Morgan fingerprint density at radius 1 is 1.46 bits per heavy atom. The first-order chi connectivity index (χ1) is 6.23. The van der Waals surface area contributed by atoms with Gasteiger partial charge in [-0.05, 0) is 0 Å². The lowest BCUT2D eigenvalue weighted by Crippen LogP contribution is -2.51. The largest absolute Gasteiger partial charge is 0.389 e. The third kappa shape index (κ3) is 1.19. The number of methoxy groups -OCH3 is 2. The van der Waals surface area contributed by atoms with Crippen LogP contribution in [-0.4, -0.2) is 56.5 Å². The van der Waals surface area contributed by atoms with E-state index < -0.39 is 11.9 Å². The minimum absolute atomic E-state index is 0.0718. The average molecular weight is 189 g/mol. The second-order valence-corrected chi connectivity index (χ2v) is 3.45. The summed E-state index contributed by atoms with van der Waals surface area (Å²) >= 11 is 0. The SMILES string of the molecule is COC1(OC)COC2C(O)CNC21. The van der Waals surface area contributed by atoms with Gasteiger partial charge in [-0.15, -0.1) is 0 Å². The molecule has 13 heavy (non-hydrogen) atoms. The van der Waals surface area contributed by atoms with Crippen LogP contribution in [0, 0.1) is 0 Å². The molecule has 0 bridgehead atoms. The predicted octanol–water partition coefficient (Wildman–Crippen LogP) is -1.29. The first kappa shape index (κ1) is 9.36. The summed E-state index contributed by atoms with van der Waals surface area (Å²) in [5.41, 5.74) is 0. The van der Waals surface area contributed by atoms with Gasteiger partial charge < -0.3 is 24.6 Å². The first-order valence-corrected chi connectivity index (χ1v) is 4.37. The Labute approximate surface area is 77.0 Å². The van der Waals surface area contributed by atoms with E-state index in [0.717, 1.165) is 0 Å². The second kappa shape index (κ2) is 3.18. The van der Waals surface area contributed by atoms with Gasteiger partial charge >= 0.3 is 0 Å². The Morgan fingerprint density at radius 3 is 2.77 bits per heavy atom. The molecule has 0 radical (unpaired) electrons. The van der Waals surface area contributed by atoms with Crippen LogP contribution in [0.15, 0.2) is 0 Å². The molecule has 2 N–H and O–H groups in total. The van der Waals surface area contributed by atoms with Crippen LogP contribution in [0.3, 0.4) is 0 Å². The molecule has 0 saturated carbocycles. The Hall–Kier alpha value is -0.200. The van der Waals surface area contributed by atoms with E-state index in [1.807, 2.05) is 0 Å². The van der Waals surface area contributed by atoms with Crippen LogP contribution >= 0.6 is 0 Å². The van der Waals surface area contributed by atoms with Crippen molar-refractivity contribution in [3.8, 4) is 0 Å². The summed E-state index contributed by atoms with van der Waals surface area (Å²) in [6.07, 6.45) is -0.669. The van der Waals surface area contributed by atoms with E-state index in [9.17, 15) is 5.11 Å². The highest BCUT2D eigenvalue weighted by Crippen LogP contribution is 2.33. The van der Waals surface area contributed by atoms with Crippen molar-refractivity contribution >= 4 is 0 Å². The normalized spacial score (nSPS) is 42.2. The van der Waals surface area contributed by atoms with Gasteiger partial charge in [0.2, 0.25) is 5.79 Å². The molecule has 5 nitrogen and oxygen atoms in total. The number of rotatable bonds is 2. The fourth-order valence-corrected chi connectivity index (χ4v) is 2.07. The predicted molar refractivity (Wildman–Crippen MR) is 44.3 cm³/mol. The number of ether oxygens (including phenoxy) is 3. The molecule has 0 spiro atoms. The summed E-state index contributed by atoms with van der Waals surface area (Å²) in [4.78, 5) is 0. The molecule has 2 heterocycles. The van der Waals surface area contributed by atoms with Gasteiger partial charge in [-0.2, -0.15) is 0 Å². The van der Waals surface area contributed by atoms with Gasteiger partial charge in [0.1, 0.15) is 12.7 Å². The fourth-order valence-electron chi connectivity index (χ4n) is 2.07. The number of fused-ring (bicyclic) bond motifs is 1. The van der Waals surface area contributed by atoms with E-state index in [2.05, 4.69) is 5.32 Å². The summed E-state index contributed by atoms with van der Waals surface area (Å²) in [6, 6.07) is -0.0718. The molecule has 0 aromatic heterocycles. The number of hydrogen-bond acceptors (Lipinski definition) is 5. The second-order valence-electron chi connectivity index (χ2n) is 3.45. The van der Waals surface area contributed by atoms with Crippen LogP contribution in [0.5, 0.6) is 0 Å². The summed E-state index contributed by atoms with van der Waals surface area (Å²) in [5.74, 6) is -0.734. The molecule has 0 amide bonds. The lowest BCUT2D eigenvalue weighted by atomic mass is 10.1. The van der Waals surface area contributed by atoms with Gasteiger partial charge in [0.05, 0.1) is 12.1 Å². The molecule has 5 heteroatoms. The number of hydrogen-bond donors (Lipinski definition) is 2. The number of β-amino-alcohol motifs (C(OH)–C–C–N with tert-alkyl or cyclic N) is 1. The van der Waals surface area contributed by atoms with Crippen LogP contribution in [0.1, 0.15) is 0 Å². The third-order valence-electron chi connectivity index (χ3n) is 2.90. The van der Waals surface area contributed by atoms with Crippen molar-refractivity contribution in [2.75, 3.05) is 27.4 Å². The van der Waals surface area contributed by atoms with Crippen molar-refractivity contribution in [3.05, 3.63) is 0 Å². The standard InChI is InChI=1S/C8H15NO4/c1-11-8(12-2)4-13-6-5(10)3-9-7(6)8/h5-7,9-10H,3-4H2,1-2H3. The summed E-state index contributed by atoms with van der Waals surface area (Å²) in [7, 11) is 3.17. The first-order valence-electron chi connectivity index (χ1n) is 4.37. The number of nitrogens with one attached hydrogen (secondary N) is 1. The maximum Gasteiger partial charge on any atom is 0.209 e. The van der Waals surface area contributed by atoms with Gasteiger partial charge in [0, 0.05) is 20.8 Å². The molecule has 2 rings (SSSR count). The van der Waals surface area contributed by atoms with Gasteiger partial charge in [-0.25, -0.2) is 0 Å². The molecule has 2 aliphatic heterocycles. The topological polar surface area (TPSA) is 60.0 Å². The molecule has 0 aromatic carbocycles. The Kier molecular flexibility index (Phi) is 2.29. The average Bonchev–Trinajstić information content (AvgIpc) is 2.68. The molecular formula is C8H15NO4. The molecule has 0 aliphatic carbocycles. The van der Waals surface area contributed by atoms with E-state index >= 15 is 0 Å². The van der Waals surface area contributed by atoms with Crippen molar-refractivity contribution in [2.24, 2.45) is 0 Å². The fraction of sp³-hybridized carbons (Fsp3) is 1.00. The van der Waals surface area contributed by atoms with E-state index in [4.69, 9.17) is 14.2 Å². The molecule has 2 saturated heterocycles. The molecular weight excluding hydrogens is 174 g/mol. The Bertz CT molecular complexity index is 195. The smallest absolute Gasteiger partial charge is 0.209 e. The maximum absolute atomic E-state index is 9.52. The Morgan fingerprint density at radius 2 is 2.15 bits per heavy atom. The van der Waals surface area contributed by atoms with Crippen LogP contribution in [0.4, 0.5) is 0 Å². The lowest BCUT2D eigenvalue weighted by molar-refractivity contribution is -0.213. The van der Waals surface area contributed by atoms with E-state index in [0.29, 0.717) is 13.2 Å². The number of aliphatic hydroxyl groups excluding tert-OH is 1. The minimum Gasteiger partial charge on any atom is -0.389 e. The quantitative estimate of drug-likeness (QED) is 0.529. The van der Waals surface area contributed by atoms with Crippen LogP contribution < -0.4 is 5.32 Å². The number of aliphatic hydroxyl groups is 1. The minimum atomic E-state index is -0.734. The van der Waals surface area contributed by atoms with E-state index in [1.165, 1.54) is 0 Å². The van der Waals surface area contributed by atoms with Crippen molar-refractivity contribution in [3.63, 3.8) is 0 Å². The molecule has 2 aliphatic rings. The highest BCUT2D eigenvalue weighted by atomic mass is 16.7. The molecule has 76 valence electrons. The van der Waals surface area contributed by atoms with Crippen molar-refractivity contribution in [2.45, 2.75) is 24.0 Å². The van der Waals surface area contributed by atoms with Crippen molar-refractivity contribution < 1.29 is 19.3 Å². The van der Waals surface area contributed by atoms with Gasteiger partial charge in [-0.1, -0.05) is 0 Å². The summed E-state index contributed by atoms with van der Waals surface area (Å²) in [5, 5.41) is 12.7. The maximum atomic E-state index is 9.52. The van der Waals surface area contributed by atoms with Crippen molar-refractivity contribution in [1.82, 2.24) is 5.32 Å². The van der Waals surface area contributed by atoms with Crippen LogP contribution in [-0.2, 0) is 14.2 Å². The Balaban J connectivity index is 2.17. The molecule has 2 fully saturated rings. The van der Waals surface area contributed by atoms with E-state index in [1.54, 1.807) is 14.2 Å². The van der Waals surface area contributed by atoms with E-state index in [-0.39, 0.29) is 12.1 Å². The monoisotopic (exact) mass is 189 g/mol. The van der Waals surface area contributed by atoms with Gasteiger partial charge in [-0.3, -0.25) is 0 Å². The molecule has 3 unspecified atom stereocenters. The van der Waals surface area contributed by atoms with Gasteiger partial charge in [0.15, 0.2) is 0 Å². The van der Waals surface area contributed by atoms with Crippen molar-refractivity contribution in [1.29, 1.82) is 0 Å². The lowest BCUT2D eigenvalue weighted by Gasteiger charge is -2.29. The zero-order valence-corrected chi connectivity index (χ0v) is 7.82.